The van der Waals surface area contributed by atoms with Gasteiger partial charge in [0.05, 0.1) is 0 Å². The van der Waals surface area contributed by atoms with Crippen molar-refractivity contribution >= 4 is 10.9 Å². The number of hydrogen-bond donors (Lipinski definition) is 2. The number of halogens is 5. The van der Waals surface area contributed by atoms with E-state index in [2.05, 4.69) is 16.9 Å². The zero-order valence-electron chi connectivity index (χ0n) is 16.0. The average Bonchev–Trinajstić information content (AvgIpc) is 3.08. The topological polar surface area (TPSA) is 37.0 Å². The Morgan fingerprint density at radius 1 is 1.34 bits per heavy atom. The second kappa shape index (κ2) is 10.2. The molecule has 0 atom stereocenters. The van der Waals surface area contributed by atoms with Gasteiger partial charge < -0.3 is 15.0 Å². The molecule has 2 N–H and O–H groups in total. The number of H-pyrrole nitrogens is 1. The number of aromatic nitrogens is 1. The van der Waals surface area contributed by atoms with Crippen LogP contribution in [0.2, 0.25) is 0 Å². The molecule has 0 saturated carbocycles. The molecule has 0 fully saturated rings. The van der Waals surface area contributed by atoms with Crippen LogP contribution in [0.15, 0.2) is 60.5 Å². The Morgan fingerprint density at radius 3 is 2.76 bits per heavy atom. The van der Waals surface area contributed by atoms with E-state index in [4.69, 9.17) is 4.74 Å². The van der Waals surface area contributed by atoms with Crippen LogP contribution >= 0.6 is 0 Å². The molecule has 0 bridgehead atoms. The smallest absolute Gasteiger partial charge is 0.340 e. The third-order valence-electron chi connectivity index (χ3n) is 4.25. The number of hydrogen-bond acceptors (Lipinski definition) is 2. The van der Waals surface area contributed by atoms with Crippen LogP contribution in [-0.2, 0) is 11.2 Å². The molecule has 1 heterocycles. The van der Waals surface area contributed by atoms with E-state index in [-0.39, 0.29) is 11.6 Å². The largest absolute Gasteiger partial charge is 0.487 e. The van der Waals surface area contributed by atoms with Gasteiger partial charge in [-0.3, -0.25) is 0 Å². The minimum Gasteiger partial charge on any atom is -0.487 e. The molecule has 0 spiro atoms. The first-order valence-electron chi connectivity index (χ1n) is 9.01. The highest BCUT2D eigenvalue weighted by Crippen LogP contribution is 2.24. The Labute approximate surface area is 165 Å². The van der Waals surface area contributed by atoms with Crippen LogP contribution in [0.25, 0.3) is 10.9 Å². The van der Waals surface area contributed by atoms with Crippen LogP contribution in [0.4, 0.5) is 22.0 Å². The van der Waals surface area contributed by atoms with Crippen molar-refractivity contribution in [3.05, 3.63) is 71.9 Å². The first-order chi connectivity index (χ1) is 13.8. The van der Waals surface area contributed by atoms with Crippen molar-refractivity contribution in [2.24, 2.45) is 0 Å². The Bertz CT molecular complexity index is 886. The first kappa shape index (κ1) is 22.7. The molecule has 29 heavy (non-hydrogen) atoms. The SMILES string of the molecule is C=C/C(=C\C(=C/C)OCC(F)(F)C(F)F)CNCCc1c[nH]c2cc(F)ccc12. The first-order valence-corrected chi connectivity index (χ1v) is 9.01. The Kier molecular flexibility index (Phi) is 8.01. The number of benzene rings is 1. The molecule has 0 aliphatic carbocycles. The van der Waals surface area contributed by atoms with E-state index in [9.17, 15) is 22.0 Å². The monoisotopic (exact) mass is 414 g/mol. The molecule has 2 aromatic rings. The van der Waals surface area contributed by atoms with E-state index in [0.29, 0.717) is 25.1 Å². The third kappa shape index (κ3) is 6.45. The Hall–Kier alpha value is -2.61. The Balaban J connectivity index is 1.87. The molecule has 0 aliphatic rings. The molecule has 0 saturated heterocycles. The van der Waals surface area contributed by atoms with Crippen LogP contribution in [0, 0.1) is 5.82 Å². The van der Waals surface area contributed by atoms with E-state index >= 15 is 0 Å². The molecule has 1 aromatic heterocycles. The number of nitrogens with one attached hydrogen (secondary N) is 2. The lowest BCUT2D eigenvalue weighted by Gasteiger charge is -2.16. The fourth-order valence-electron chi connectivity index (χ4n) is 2.64. The molecule has 0 unspecified atom stereocenters. The highest BCUT2D eigenvalue weighted by Gasteiger charge is 2.41. The zero-order valence-corrected chi connectivity index (χ0v) is 16.0. The van der Waals surface area contributed by atoms with Gasteiger partial charge in [-0.05, 0) is 61.4 Å². The maximum Gasteiger partial charge on any atom is 0.340 e. The van der Waals surface area contributed by atoms with E-state index in [1.807, 2.05) is 6.20 Å². The van der Waals surface area contributed by atoms with Gasteiger partial charge in [-0.1, -0.05) is 12.7 Å². The summed E-state index contributed by atoms with van der Waals surface area (Å²) in [5, 5.41) is 4.13. The lowest BCUT2D eigenvalue weighted by atomic mass is 10.1. The van der Waals surface area contributed by atoms with Gasteiger partial charge >= 0.3 is 12.3 Å². The fraction of sp³-hybridized carbons (Fsp3) is 0.333. The summed E-state index contributed by atoms with van der Waals surface area (Å²) in [4.78, 5) is 3.02. The van der Waals surface area contributed by atoms with Crippen molar-refractivity contribution < 1.29 is 26.7 Å². The second-order valence-electron chi connectivity index (χ2n) is 6.40. The number of ether oxygens (including phenoxy) is 1. The van der Waals surface area contributed by atoms with Crippen LogP contribution < -0.4 is 5.32 Å². The maximum absolute atomic E-state index is 13.2. The predicted molar refractivity (Wildman–Crippen MR) is 104 cm³/mol. The molecular weight excluding hydrogens is 391 g/mol. The fourth-order valence-corrected chi connectivity index (χ4v) is 2.64. The molecule has 0 radical (unpaired) electrons. The summed E-state index contributed by atoms with van der Waals surface area (Å²) in [6.45, 7) is 4.80. The molecule has 0 amide bonds. The van der Waals surface area contributed by atoms with Gasteiger partial charge in [-0.25, -0.2) is 13.2 Å². The maximum atomic E-state index is 13.2. The average molecular weight is 414 g/mol. The van der Waals surface area contributed by atoms with Gasteiger partial charge in [0.25, 0.3) is 0 Å². The van der Waals surface area contributed by atoms with Crippen LogP contribution in [0.5, 0.6) is 0 Å². The summed E-state index contributed by atoms with van der Waals surface area (Å²) in [5.74, 6) is -4.46. The highest BCUT2D eigenvalue weighted by atomic mass is 19.3. The summed E-state index contributed by atoms with van der Waals surface area (Å²) >= 11 is 0. The van der Waals surface area contributed by atoms with Crippen molar-refractivity contribution in [1.82, 2.24) is 10.3 Å². The summed E-state index contributed by atoms with van der Waals surface area (Å²) in [6, 6.07) is 4.55. The van der Waals surface area contributed by atoms with Gasteiger partial charge in [0, 0.05) is 23.6 Å². The lowest BCUT2D eigenvalue weighted by Crippen LogP contribution is -2.32. The van der Waals surface area contributed by atoms with E-state index < -0.39 is 19.0 Å². The molecular formula is C21H23F5N2O. The van der Waals surface area contributed by atoms with Crippen molar-refractivity contribution in [3.63, 3.8) is 0 Å². The minimum absolute atomic E-state index is 0.0562. The number of alkyl halides is 4. The summed E-state index contributed by atoms with van der Waals surface area (Å²) in [7, 11) is 0. The molecule has 1 aromatic carbocycles. The number of allylic oxidation sites excluding steroid dienone is 2. The standard InChI is InChI=1S/C21H23F5N2O/c1-3-14(9-17(4-2)29-13-21(25,26)20(23)24)11-27-8-7-15-12-28-19-10-16(22)5-6-18(15)19/h3-6,9-10,12,20,27-28H,1,7-8,11,13H2,2H3/b14-9+,17-4+. The Morgan fingerprint density at radius 2 is 2.10 bits per heavy atom. The summed E-state index contributed by atoms with van der Waals surface area (Å²) in [6.07, 6.45) is 3.13. The second-order valence-corrected chi connectivity index (χ2v) is 6.40. The third-order valence-corrected chi connectivity index (χ3v) is 4.25. The van der Waals surface area contributed by atoms with Crippen molar-refractivity contribution in [2.45, 2.75) is 25.7 Å². The van der Waals surface area contributed by atoms with Crippen molar-refractivity contribution in [3.8, 4) is 0 Å². The van der Waals surface area contributed by atoms with Gasteiger partial charge in [0.15, 0.2) is 6.61 Å². The quantitative estimate of drug-likeness (QED) is 0.224. The lowest BCUT2D eigenvalue weighted by molar-refractivity contribution is -0.157. The van der Waals surface area contributed by atoms with Gasteiger partial charge in [0.1, 0.15) is 11.6 Å². The van der Waals surface area contributed by atoms with Gasteiger partial charge in [0.2, 0.25) is 0 Å². The van der Waals surface area contributed by atoms with Crippen molar-refractivity contribution in [2.75, 3.05) is 19.7 Å². The number of aromatic amines is 1. The van der Waals surface area contributed by atoms with Crippen LogP contribution in [-0.4, -0.2) is 37.0 Å². The van der Waals surface area contributed by atoms with Crippen LogP contribution in [0.3, 0.4) is 0 Å². The highest BCUT2D eigenvalue weighted by molar-refractivity contribution is 5.83. The number of rotatable bonds is 11. The van der Waals surface area contributed by atoms with Crippen molar-refractivity contribution in [1.29, 1.82) is 0 Å². The molecule has 0 aliphatic heterocycles. The van der Waals surface area contributed by atoms with E-state index in [0.717, 1.165) is 16.5 Å². The summed E-state index contributed by atoms with van der Waals surface area (Å²) < 4.78 is 68.5. The number of fused-ring (bicyclic) bond motifs is 1. The van der Waals surface area contributed by atoms with Crippen LogP contribution in [0.1, 0.15) is 12.5 Å². The molecule has 8 heteroatoms. The normalized spacial score (nSPS) is 13.3. The predicted octanol–water partition coefficient (Wildman–Crippen LogP) is 5.37. The van der Waals surface area contributed by atoms with Gasteiger partial charge in [-0.2, -0.15) is 8.78 Å². The zero-order chi connectivity index (χ0) is 21.4. The van der Waals surface area contributed by atoms with E-state index in [1.165, 1.54) is 30.4 Å². The molecule has 3 nitrogen and oxygen atoms in total. The van der Waals surface area contributed by atoms with Gasteiger partial charge in [-0.15, -0.1) is 0 Å². The summed E-state index contributed by atoms with van der Waals surface area (Å²) in [5.41, 5.74) is 2.41. The molecule has 2 rings (SSSR count). The molecule has 158 valence electrons. The van der Waals surface area contributed by atoms with E-state index in [1.54, 1.807) is 13.0 Å². The minimum atomic E-state index is -4.21.